The van der Waals surface area contributed by atoms with Gasteiger partial charge in [-0.25, -0.2) is 15.8 Å². The lowest BCUT2D eigenvalue weighted by molar-refractivity contribution is 0.415. The van der Waals surface area contributed by atoms with Gasteiger partial charge in [-0.05, 0) is 18.2 Å². The highest BCUT2D eigenvalue weighted by molar-refractivity contribution is 9.10. The Balaban J connectivity index is 2.34. The van der Waals surface area contributed by atoms with Crippen LogP contribution in [0.1, 0.15) is 0 Å². The van der Waals surface area contributed by atoms with Crippen molar-refractivity contribution in [2.75, 3.05) is 17.9 Å². The van der Waals surface area contributed by atoms with Crippen molar-refractivity contribution in [3.8, 4) is 5.75 Å². The monoisotopic (exact) mass is 309 g/mol. The second-order valence-corrected chi connectivity index (χ2v) is 4.30. The van der Waals surface area contributed by atoms with Crippen molar-refractivity contribution in [2.45, 2.75) is 0 Å². The van der Waals surface area contributed by atoms with Crippen molar-refractivity contribution < 1.29 is 4.74 Å². The summed E-state index contributed by atoms with van der Waals surface area (Å²) >= 11 is 3.40. The average Bonchev–Trinajstić information content (AvgIpc) is 2.38. The molecule has 0 saturated carbocycles. The van der Waals surface area contributed by atoms with Crippen molar-refractivity contribution in [1.82, 2.24) is 9.97 Å². The van der Waals surface area contributed by atoms with Crippen LogP contribution in [0.3, 0.4) is 0 Å². The van der Waals surface area contributed by atoms with Crippen LogP contribution in [0, 0.1) is 0 Å². The van der Waals surface area contributed by atoms with Gasteiger partial charge >= 0.3 is 0 Å². The number of ether oxygens (including phenoxy) is 1. The number of hydrazine groups is 1. The van der Waals surface area contributed by atoms with Crippen LogP contribution in [-0.2, 0) is 0 Å². The highest BCUT2D eigenvalue weighted by atomic mass is 79.9. The summed E-state index contributed by atoms with van der Waals surface area (Å²) in [5.74, 6) is 6.78. The van der Waals surface area contributed by atoms with Gasteiger partial charge in [-0.1, -0.05) is 22.0 Å². The van der Waals surface area contributed by atoms with E-state index in [0.717, 1.165) is 10.2 Å². The molecule has 4 N–H and O–H groups in total. The first kappa shape index (κ1) is 12.6. The number of aromatic nitrogens is 2. The maximum Gasteiger partial charge on any atom is 0.205 e. The van der Waals surface area contributed by atoms with E-state index >= 15 is 0 Å². The van der Waals surface area contributed by atoms with Crippen molar-refractivity contribution in [1.29, 1.82) is 0 Å². The van der Waals surface area contributed by atoms with Crippen LogP contribution in [0.2, 0.25) is 0 Å². The largest absolute Gasteiger partial charge is 0.490 e. The first-order valence-corrected chi connectivity index (χ1v) is 5.92. The number of hydrogen-bond acceptors (Lipinski definition) is 6. The zero-order chi connectivity index (χ0) is 13.0. The second kappa shape index (κ2) is 5.65. The van der Waals surface area contributed by atoms with Crippen LogP contribution < -0.4 is 21.3 Å². The van der Waals surface area contributed by atoms with Gasteiger partial charge in [-0.2, -0.15) is 0 Å². The Morgan fingerprint density at radius 1 is 1.28 bits per heavy atom. The van der Waals surface area contributed by atoms with Gasteiger partial charge in [0, 0.05) is 10.2 Å². The number of nitrogens with two attached hydrogens (primary N) is 1. The lowest BCUT2D eigenvalue weighted by Crippen LogP contribution is -2.11. The Bertz CT molecular complexity index is 549. The number of hydrogen-bond donors (Lipinski definition) is 3. The summed E-state index contributed by atoms with van der Waals surface area (Å²) in [6.07, 6.45) is 1.40. The SMILES string of the molecule is COc1c(NN)ncnc1Nc1cccc(Br)c1. The van der Waals surface area contributed by atoms with Gasteiger partial charge in [-0.15, -0.1) is 0 Å². The zero-order valence-electron chi connectivity index (χ0n) is 9.64. The number of nitrogen functional groups attached to an aromatic ring is 1. The highest BCUT2D eigenvalue weighted by Gasteiger charge is 2.11. The minimum Gasteiger partial charge on any atom is -0.490 e. The van der Waals surface area contributed by atoms with E-state index in [1.165, 1.54) is 13.4 Å². The van der Waals surface area contributed by atoms with E-state index in [1.807, 2.05) is 24.3 Å². The molecule has 7 heteroatoms. The van der Waals surface area contributed by atoms with Gasteiger partial charge in [0.05, 0.1) is 7.11 Å². The maximum absolute atomic E-state index is 5.36. The minimum absolute atomic E-state index is 0.421. The van der Waals surface area contributed by atoms with E-state index in [4.69, 9.17) is 10.6 Å². The molecule has 6 nitrogen and oxygen atoms in total. The summed E-state index contributed by atoms with van der Waals surface area (Å²) in [5.41, 5.74) is 3.34. The molecule has 18 heavy (non-hydrogen) atoms. The first-order chi connectivity index (χ1) is 8.74. The van der Waals surface area contributed by atoms with E-state index in [2.05, 4.69) is 36.6 Å². The molecular formula is C11H12BrN5O. The van der Waals surface area contributed by atoms with E-state index in [9.17, 15) is 0 Å². The molecule has 0 bridgehead atoms. The van der Waals surface area contributed by atoms with Gasteiger partial charge < -0.3 is 15.5 Å². The molecule has 0 atom stereocenters. The molecular weight excluding hydrogens is 298 g/mol. The highest BCUT2D eigenvalue weighted by Crippen LogP contribution is 2.31. The van der Waals surface area contributed by atoms with E-state index in [-0.39, 0.29) is 0 Å². The summed E-state index contributed by atoms with van der Waals surface area (Å²) in [6.45, 7) is 0. The van der Waals surface area contributed by atoms with E-state index in [0.29, 0.717) is 17.4 Å². The van der Waals surface area contributed by atoms with Crippen LogP contribution >= 0.6 is 15.9 Å². The topological polar surface area (TPSA) is 85.1 Å². The minimum atomic E-state index is 0.421. The molecule has 1 aromatic heterocycles. The quantitative estimate of drug-likeness (QED) is 0.593. The Labute approximate surface area is 113 Å². The zero-order valence-corrected chi connectivity index (χ0v) is 11.2. The van der Waals surface area contributed by atoms with Gasteiger partial charge in [0.1, 0.15) is 6.33 Å². The molecule has 0 aliphatic carbocycles. The molecule has 0 spiro atoms. The normalized spacial score (nSPS) is 9.94. The first-order valence-electron chi connectivity index (χ1n) is 5.13. The fraction of sp³-hybridized carbons (Fsp3) is 0.0909. The number of nitrogens with zero attached hydrogens (tertiary/aromatic N) is 2. The second-order valence-electron chi connectivity index (χ2n) is 3.38. The fourth-order valence-electron chi connectivity index (χ4n) is 1.46. The number of halogens is 1. The van der Waals surface area contributed by atoms with Crippen molar-refractivity contribution in [3.63, 3.8) is 0 Å². The summed E-state index contributed by atoms with van der Waals surface area (Å²) in [7, 11) is 1.53. The predicted octanol–water partition coefficient (Wildman–Crippen LogP) is 2.28. The Morgan fingerprint density at radius 3 is 2.72 bits per heavy atom. The van der Waals surface area contributed by atoms with E-state index < -0.39 is 0 Å². The molecule has 1 heterocycles. The molecule has 0 unspecified atom stereocenters. The Hall–Kier alpha value is -1.86. The molecule has 1 aromatic carbocycles. The third kappa shape index (κ3) is 2.69. The summed E-state index contributed by atoms with van der Waals surface area (Å²) in [4.78, 5) is 8.09. The van der Waals surface area contributed by atoms with Crippen LogP contribution in [0.4, 0.5) is 17.3 Å². The average molecular weight is 310 g/mol. The third-order valence-corrected chi connectivity index (χ3v) is 2.73. The van der Waals surface area contributed by atoms with Crippen LogP contribution in [0.25, 0.3) is 0 Å². The number of benzene rings is 1. The number of rotatable bonds is 4. The van der Waals surface area contributed by atoms with Crippen LogP contribution in [-0.4, -0.2) is 17.1 Å². The molecule has 0 amide bonds. The summed E-state index contributed by atoms with van der Waals surface area (Å²) in [5, 5.41) is 3.14. The molecule has 0 saturated heterocycles. The third-order valence-electron chi connectivity index (χ3n) is 2.23. The van der Waals surface area contributed by atoms with Gasteiger partial charge in [0.25, 0.3) is 0 Å². The van der Waals surface area contributed by atoms with Crippen molar-refractivity contribution >= 4 is 33.3 Å². The Morgan fingerprint density at radius 2 is 2.06 bits per heavy atom. The fourth-order valence-corrected chi connectivity index (χ4v) is 1.86. The van der Waals surface area contributed by atoms with Gasteiger partial charge in [-0.3, -0.25) is 0 Å². The lowest BCUT2D eigenvalue weighted by atomic mass is 10.3. The van der Waals surface area contributed by atoms with Crippen LogP contribution in [0.15, 0.2) is 35.1 Å². The smallest absolute Gasteiger partial charge is 0.205 e. The van der Waals surface area contributed by atoms with Crippen molar-refractivity contribution in [3.05, 3.63) is 35.1 Å². The van der Waals surface area contributed by atoms with E-state index in [1.54, 1.807) is 0 Å². The molecule has 0 aliphatic rings. The number of anilines is 3. The lowest BCUT2D eigenvalue weighted by Gasteiger charge is -2.12. The number of methoxy groups -OCH3 is 1. The van der Waals surface area contributed by atoms with Gasteiger partial charge in [0.2, 0.25) is 5.75 Å². The molecule has 0 aliphatic heterocycles. The molecule has 94 valence electrons. The standard InChI is InChI=1S/C11H12BrN5O/c1-18-9-10(14-6-15-11(9)17-13)16-8-4-2-3-7(12)5-8/h2-6H,13H2,1H3,(H2,14,15,16,17). The van der Waals surface area contributed by atoms with Crippen LogP contribution in [0.5, 0.6) is 5.75 Å². The Kier molecular flexibility index (Phi) is 3.96. The number of nitrogens with one attached hydrogen (secondary N) is 2. The molecule has 2 rings (SSSR count). The predicted molar refractivity (Wildman–Crippen MR) is 73.8 cm³/mol. The molecule has 0 radical (unpaired) electrons. The van der Waals surface area contributed by atoms with Crippen molar-refractivity contribution in [2.24, 2.45) is 5.84 Å². The molecule has 2 aromatic rings. The molecule has 0 fully saturated rings. The maximum atomic E-state index is 5.36. The summed E-state index contributed by atoms with van der Waals surface area (Å²) < 4.78 is 6.20. The summed E-state index contributed by atoms with van der Waals surface area (Å²) in [6, 6.07) is 7.70. The van der Waals surface area contributed by atoms with Gasteiger partial charge in [0.15, 0.2) is 11.6 Å².